The molecule has 126 valence electrons. The zero-order chi connectivity index (χ0) is 17.7. The molecule has 0 saturated heterocycles. The van der Waals surface area contributed by atoms with Gasteiger partial charge in [-0.1, -0.05) is 66.7 Å². The van der Waals surface area contributed by atoms with E-state index in [4.69, 9.17) is 0 Å². The highest BCUT2D eigenvalue weighted by Gasteiger charge is 2.31. The molecule has 0 radical (unpaired) electrons. The molecule has 0 heterocycles. The van der Waals surface area contributed by atoms with Gasteiger partial charge in [-0.3, -0.25) is 9.36 Å². The summed E-state index contributed by atoms with van der Waals surface area (Å²) >= 11 is 0. The standard InChI is InChI=1S/C21H20NO2P/c1-17(21(23)18-11-5-2-6-12-18)22-25(24,19-13-7-3-8-14-19)20-15-9-4-10-16-20/h2-17H,1H3,(H,22,24)/t17-/m1/s1. The molecule has 3 nitrogen and oxygen atoms in total. The summed E-state index contributed by atoms with van der Waals surface area (Å²) in [4.78, 5) is 12.7. The van der Waals surface area contributed by atoms with E-state index in [2.05, 4.69) is 5.09 Å². The van der Waals surface area contributed by atoms with Crippen LogP contribution in [0.3, 0.4) is 0 Å². The summed E-state index contributed by atoms with van der Waals surface area (Å²) in [5.41, 5.74) is 0.607. The van der Waals surface area contributed by atoms with Gasteiger partial charge in [0.1, 0.15) is 0 Å². The number of rotatable bonds is 6. The maximum Gasteiger partial charge on any atom is 0.205 e. The van der Waals surface area contributed by atoms with Crippen molar-refractivity contribution in [2.24, 2.45) is 0 Å². The highest BCUT2D eigenvalue weighted by atomic mass is 31.2. The predicted octanol–water partition coefficient (Wildman–Crippen LogP) is 3.78. The van der Waals surface area contributed by atoms with Gasteiger partial charge >= 0.3 is 0 Å². The molecule has 0 bridgehead atoms. The number of benzene rings is 3. The van der Waals surface area contributed by atoms with Gasteiger partial charge in [-0.05, 0) is 31.2 Å². The number of hydrogen-bond acceptors (Lipinski definition) is 2. The summed E-state index contributed by atoms with van der Waals surface area (Å²) < 4.78 is 13.9. The van der Waals surface area contributed by atoms with Crippen LogP contribution in [0.25, 0.3) is 0 Å². The van der Waals surface area contributed by atoms with Crippen molar-refractivity contribution in [2.45, 2.75) is 13.0 Å². The fourth-order valence-corrected chi connectivity index (χ4v) is 5.20. The van der Waals surface area contributed by atoms with E-state index in [0.717, 1.165) is 0 Å². The first-order valence-electron chi connectivity index (χ1n) is 8.19. The quantitative estimate of drug-likeness (QED) is 0.544. The van der Waals surface area contributed by atoms with E-state index in [9.17, 15) is 9.36 Å². The lowest BCUT2D eigenvalue weighted by Crippen LogP contribution is -2.38. The van der Waals surface area contributed by atoms with Crippen LogP contribution in [-0.4, -0.2) is 11.8 Å². The first kappa shape index (κ1) is 17.3. The first-order valence-corrected chi connectivity index (χ1v) is 9.90. The van der Waals surface area contributed by atoms with Gasteiger partial charge in [0.25, 0.3) is 0 Å². The number of ketones is 1. The lowest BCUT2D eigenvalue weighted by atomic mass is 10.1. The van der Waals surface area contributed by atoms with E-state index in [1.54, 1.807) is 19.1 Å². The fourth-order valence-electron chi connectivity index (χ4n) is 2.76. The number of hydrogen-bond donors (Lipinski definition) is 1. The average Bonchev–Trinajstić information content (AvgIpc) is 2.69. The highest BCUT2D eigenvalue weighted by Crippen LogP contribution is 2.39. The van der Waals surface area contributed by atoms with Crippen LogP contribution < -0.4 is 15.7 Å². The highest BCUT2D eigenvalue weighted by molar-refractivity contribution is 7.77. The van der Waals surface area contributed by atoms with Gasteiger partial charge in [0.05, 0.1) is 6.04 Å². The summed E-state index contributed by atoms with van der Waals surface area (Å²) in [5, 5.41) is 4.51. The molecule has 0 spiro atoms. The minimum atomic E-state index is -3.13. The molecular formula is C21H20NO2P. The molecule has 4 heteroatoms. The smallest absolute Gasteiger partial charge is 0.205 e. The van der Waals surface area contributed by atoms with Crippen LogP contribution in [0.4, 0.5) is 0 Å². The Kier molecular flexibility index (Phi) is 5.28. The third-order valence-corrected chi connectivity index (χ3v) is 6.87. The van der Waals surface area contributed by atoms with Crippen LogP contribution in [0, 0.1) is 0 Å². The zero-order valence-electron chi connectivity index (χ0n) is 14.0. The molecule has 0 unspecified atom stereocenters. The zero-order valence-corrected chi connectivity index (χ0v) is 14.9. The summed E-state index contributed by atoms with van der Waals surface area (Å²) in [6, 6.07) is 27.0. The van der Waals surface area contributed by atoms with Crippen molar-refractivity contribution < 1.29 is 9.36 Å². The van der Waals surface area contributed by atoms with Gasteiger partial charge in [-0.15, -0.1) is 0 Å². The van der Waals surface area contributed by atoms with E-state index in [1.165, 1.54) is 0 Å². The van der Waals surface area contributed by atoms with Crippen molar-refractivity contribution in [3.63, 3.8) is 0 Å². The van der Waals surface area contributed by atoms with Crippen LogP contribution >= 0.6 is 7.29 Å². The van der Waals surface area contributed by atoms with Crippen molar-refractivity contribution in [1.82, 2.24) is 5.09 Å². The predicted molar refractivity (Wildman–Crippen MR) is 103 cm³/mol. The molecule has 3 aromatic carbocycles. The normalized spacial score (nSPS) is 12.5. The van der Waals surface area contributed by atoms with Crippen molar-refractivity contribution in [3.8, 4) is 0 Å². The average molecular weight is 349 g/mol. The van der Waals surface area contributed by atoms with Gasteiger partial charge in [0, 0.05) is 16.2 Å². The van der Waals surface area contributed by atoms with Crippen molar-refractivity contribution in [2.75, 3.05) is 0 Å². The minimum absolute atomic E-state index is 0.0762. The maximum absolute atomic E-state index is 13.9. The minimum Gasteiger partial charge on any atom is -0.297 e. The second-order valence-corrected chi connectivity index (χ2v) is 8.37. The number of carbonyl (C=O) groups excluding carboxylic acids is 1. The Labute approximate surface area is 148 Å². The second-order valence-electron chi connectivity index (χ2n) is 5.86. The molecule has 3 aromatic rings. The van der Waals surface area contributed by atoms with Gasteiger partial charge in [-0.2, -0.15) is 0 Å². The van der Waals surface area contributed by atoms with E-state index >= 15 is 0 Å². The summed E-state index contributed by atoms with van der Waals surface area (Å²) in [6.07, 6.45) is 0. The Morgan fingerprint density at radius 1 is 0.760 bits per heavy atom. The first-order chi connectivity index (χ1) is 12.1. The lowest BCUT2D eigenvalue weighted by Gasteiger charge is -2.24. The van der Waals surface area contributed by atoms with E-state index in [-0.39, 0.29) is 5.78 Å². The monoisotopic (exact) mass is 349 g/mol. The van der Waals surface area contributed by atoms with Gasteiger partial charge < -0.3 is 0 Å². The van der Waals surface area contributed by atoms with Gasteiger partial charge in [0.15, 0.2) is 5.78 Å². The van der Waals surface area contributed by atoms with Gasteiger partial charge in [0.2, 0.25) is 7.29 Å². The van der Waals surface area contributed by atoms with Crippen molar-refractivity contribution in [3.05, 3.63) is 96.6 Å². The topological polar surface area (TPSA) is 46.2 Å². The molecule has 0 aromatic heterocycles. The SMILES string of the molecule is C[C@@H](NP(=O)(c1ccccc1)c1ccccc1)C(=O)c1ccccc1. The lowest BCUT2D eigenvalue weighted by molar-refractivity contribution is 0.0961. The summed E-state index contributed by atoms with van der Waals surface area (Å²) in [6.45, 7) is 1.76. The molecule has 0 amide bonds. The van der Waals surface area contributed by atoms with Crippen molar-refractivity contribution in [1.29, 1.82) is 0 Å². The third kappa shape index (κ3) is 3.79. The van der Waals surface area contributed by atoms with Crippen LogP contribution in [-0.2, 0) is 4.57 Å². The Hall–Kier alpha value is -2.48. The maximum atomic E-state index is 13.9. The van der Waals surface area contributed by atoms with Crippen LogP contribution in [0.5, 0.6) is 0 Å². The van der Waals surface area contributed by atoms with Crippen LogP contribution in [0.15, 0.2) is 91.0 Å². The fraction of sp³-hybridized carbons (Fsp3) is 0.0952. The Morgan fingerprint density at radius 3 is 1.60 bits per heavy atom. The van der Waals surface area contributed by atoms with E-state index < -0.39 is 13.3 Å². The van der Waals surface area contributed by atoms with Crippen molar-refractivity contribution >= 4 is 23.7 Å². The second kappa shape index (κ2) is 7.60. The Balaban J connectivity index is 1.96. The largest absolute Gasteiger partial charge is 0.297 e. The molecule has 0 aliphatic carbocycles. The Morgan fingerprint density at radius 2 is 1.16 bits per heavy atom. The molecule has 0 fully saturated rings. The molecule has 0 saturated carbocycles. The van der Waals surface area contributed by atoms with E-state index in [0.29, 0.717) is 16.2 Å². The third-order valence-electron chi connectivity index (χ3n) is 4.07. The summed E-state index contributed by atoms with van der Waals surface area (Å²) in [7, 11) is -3.13. The van der Waals surface area contributed by atoms with E-state index in [1.807, 2.05) is 78.9 Å². The Bertz CT molecular complexity index is 836. The molecule has 1 N–H and O–H groups in total. The molecular weight excluding hydrogens is 329 g/mol. The molecule has 1 atom stereocenters. The number of carbonyl (C=O) groups is 1. The molecule has 25 heavy (non-hydrogen) atoms. The summed E-state index contributed by atoms with van der Waals surface area (Å²) in [5.74, 6) is -0.0762. The van der Waals surface area contributed by atoms with Crippen LogP contribution in [0.1, 0.15) is 17.3 Å². The van der Waals surface area contributed by atoms with Crippen LogP contribution in [0.2, 0.25) is 0 Å². The molecule has 0 aliphatic rings. The number of Topliss-reactive ketones (excluding diaryl/α,β-unsaturated/α-hetero) is 1. The molecule has 3 rings (SSSR count). The number of nitrogens with one attached hydrogen (secondary N) is 1. The molecule has 0 aliphatic heterocycles. The van der Waals surface area contributed by atoms with Gasteiger partial charge in [-0.25, -0.2) is 5.09 Å².